The first-order chi connectivity index (χ1) is 9.72. The second kappa shape index (κ2) is 7.24. The van der Waals surface area contributed by atoms with Crippen LogP contribution < -0.4 is 0 Å². The summed E-state index contributed by atoms with van der Waals surface area (Å²) in [6.07, 6.45) is 0. The fourth-order valence-corrected chi connectivity index (χ4v) is 3.01. The van der Waals surface area contributed by atoms with E-state index in [0.717, 1.165) is 0 Å². The molecule has 1 amide bonds. The molecule has 0 saturated heterocycles. The number of likely N-dealkylation sites (N-methyl/N-ethyl adjacent to an activating group) is 1. The molecule has 0 heterocycles. The van der Waals surface area contributed by atoms with Crippen molar-refractivity contribution in [3.63, 3.8) is 0 Å². The number of benzene rings is 1. The zero-order valence-electron chi connectivity index (χ0n) is 12.6. The summed E-state index contributed by atoms with van der Waals surface area (Å²) in [6.45, 7) is 6.45. The summed E-state index contributed by atoms with van der Waals surface area (Å²) in [4.78, 5) is 14.2. The van der Waals surface area contributed by atoms with Crippen molar-refractivity contribution in [1.82, 2.24) is 4.90 Å². The third kappa shape index (κ3) is 4.43. The van der Waals surface area contributed by atoms with Crippen molar-refractivity contribution in [1.29, 1.82) is 0 Å². The zero-order valence-corrected chi connectivity index (χ0v) is 14.2. The number of halogens is 1. The lowest BCUT2D eigenvalue weighted by Crippen LogP contribution is -2.41. The number of amides is 1. The molecule has 0 aliphatic carbocycles. The average Bonchev–Trinajstić information content (AvgIpc) is 2.38. The number of hydrogen-bond acceptors (Lipinski definition) is 4. The molecule has 0 aromatic heterocycles. The minimum atomic E-state index is -3.79. The number of rotatable bonds is 6. The van der Waals surface area contributed by atoms with E-state index < -0.39 is 9.05 Å². The standard InChI is InChI=1S/C14H20ClNO4S/c1-5-16(11(3)9-20-4)14(17)13-7-6-12(8-10(13)2)21(15,18)19/h6-8,11H,5,9H2,1-4H3. The fourth-order valence-electron chi connectivity index (χ4n) is 2.17. The highest BCUT2D eigenvalue weighted by Crippen LogP contribution is 2.20. The molecule has 1 aromatic carbocycles. The molecule has 1 rings (SSSR count). The van der Waals surface area contributed by atoms with Gasteiger partial charge in [-0.3, -0.25) is 4.79 Å². The van der Waals surface area contributed by atoms with Crippen LogP contribution in [0, 0.1) is 6.92 Å². The van der Waals surface area contributed by atoms with Gasteiger partial charge in [-0.15, -0.1) is 0 Å². The molecule has 0 radical (unpaired) electrons. The van der Waals surface area contributed by atoms with Crippen LogP contribution in [0.5, 0.6) is 0 Å². The average molecular weight is 334 g/mol. The Morgan fingerprint density at radius 1 is 1.43 bits per heavy atom. The van der Waals surface area contributed by atoms with Gasteiger partial charge in [0.05, 0.1) is 17.5 Å². The highest BCUT2D eigenvalue weighted by molar-refractivity contribution is 8.13. The summed E-state index contributed by atoms with van der Waals surface area (Å²) >= 11 is 0. The van der Waals surface area contributed by atoms with Crippen LogP contribution in [0.15, 0.2) is 23.1 Å². The Labute approximate surface area is 130 Å². The molecule has 0 spiro atoms. The monoisotopic (exact) mass is 333 g/mol. The van der Waals surface area contributed by atoms with Crippen LogP contribution in [0.2, 0.25) is 0 Å². The van der Waals surface area contributed by atoms with E-state index >= 15 is 0 Å². The van der Waals surface area contributed by atoms with Crippen molar-refractivity contribution in [3.05, 3.63) is 29.3 Å². The number of carbonyl (C=O) groups excluding carboxylic acids is 1. The largest absolute Gasteiger partial charge is 0.383 e. The van der Waals surface area contributed by atoms with Crippen LogP contribution in [-0.4, -0.2) is 45.5 Å². The topological polar surface area (TPSA) is 63.7 Å². The van der Waals surface area contributed by atoms with Crippen molar-refractivity contribution in [3.8, 4) is 0 Å². The third-order valence-electron chi connectivity index (χ3n) is 3.25. The quantitative estimate of drug-likeness (QED) is 0.750. The Hall–Kier alpha value is -1.11. The first-order valence-electron chi connectivity index (χ1n) is 6.57. The fraction of sp³-hybridized carbons (Fsp3) is 0.500. The van der Waals surface area contributed by atoms with E-state index in [9.17, 15) is 13.2 Å². The molecule has 7 heteroatoms. The van der Waals surface area contributed by atoms with Crippen LogP contribution in [0.3, 0.4) is 0 Å². The highest BCUT2D eigenvalue weighted by atomic mass is 35.7. The molecule has 0 aliphatic rings. The summed E-state index contributed by atoms with van der Waals surface area (Å²) in [7, 11) is 3.10. The molecule has 0 aliphatic heterocycles. The normalized spacial score (nSPS) is 13.0. The minimum absolute atomic E-state index is 0.00814. The number of methoxy groups -OCH3 is 1. The van der Waals surface area contributed by atoms with Gasteiger partial charge < -0.3 is 9.64 Å². The van der Waals surface area contributed by atoms with Gasteiger partial charge in [0.1, 0.15) is 0 Å². The van der Waals surface area contributed by atoms with E-state index in [1.807, 2.05) is 13.8 Å². The summed E-state index contributed by atoms with van der Waals surface area (Å²) in [5, 5.41) is 0. The Morgan fingerprint density at radius 3 is 2.48 bits per heavy atom. The van der Waals surface area contributed by atoms with Gasteiger partial charge in [0, 0.05) is 29.9 Å². The Kier molecular flexibility index (Phi) is 6.19. The maximum Gasteiger partial charge on any atom is 0.261 e. The van der Waals surface area contributed by atoms with Crippen LogP contribution in [-0.2, 0) is 13.8 Å². The van der Waals surface area contributed by atoms with Crippen molar-refractivity contribution in [2.75, 3.05) is 20.3 Å². The van der Waals surface area contributed by atoms with Crippen LogP contribution >= 0.6 is 10.7 Å². The van der Waals surface area contributed by atoms with Crippen molar-refractivity contribution in [2.45, 2.75) is 31.7 Å². The van der Waals surface area contributed by atoms with Gasteiger partial charge in [-0.05, 0) is 44.5 Å². The summed E-state index contributed by atoms with van der Waals surface area (Å²) in [5.74, 6) is -0.155. The van der Waals surface area contributed by atoms with Gasteiger partial charge in [0.25, 0.3) is 15.0 Å². The van der Waals surface area contributed by atoms with Gasteiger partial charge in [-0.2, -0.15) is 0 Å². The van der Waals surface area contributed by atoms with E-state index in [4.69, 9.17) is 15.4 Å². The predicted octanol–water partition coefficient (Wildman–Crippen LogP) is 2.42. The van der Waals surface area contributed by atoms with E-state index in [1.165, 1.54) is 18.2 Å². The molecule has 118 valence electrons. The molecule has 5 nitrogen and oxygen atoms in total. The van der Waals surface area contributed by atoms with Gasteiger partial charge in [-0.25, -0.2) is 8.42 Å². The zero-order chi connectivity index (χ0) is 16.2. The lowest BCUT2D eigenvalue weighted by molar-refractivity contribution is 0.0578. The third-order valence-corrected chi connectivity index (χ3v) is 4.60. The molecule has 1 unspecified atom stereocenters. The van der Waals surface area contributed by atoms with Crippen LogP contribution in [0.25, 0.3) is 0 Å². The number of carbonyl (C=O) groups is 1. The minimum Gasteiger partial charge on any atom is -0.383 e. The lowest BCUT2D eigenvalue weighted by Gasteiger charge is -2.28. The molecular weight excluding hydrogens is 314 g/mol. The number of ether oxygens (including phenoxy) is 1. The summed E-state index contributed by atoms with van der Waals surface area (Å²) in [5.41, 5.74) is 1.04. The second-order valence-electron chi connectivity index (χ2n) is 4.81. The van der Waals surface area contributed by atoms with Gasteiger partial charge in [0.15, 0.2) is 0 Å². The van der Waals surface area contributed by atoms with Gasteiger partial charge in [0.2, 0.25) is 0 Å². The molecule has 0 N–H and O–H groups in total. The van der Waals surface area contributed by atoms with Crippen molar-refractivity contribution < 1.29 is 17.9 Å². The molecule has 1 atom stereocenters. The predicted molar refractivity (Wildman–Crippen MR) is 82.3 cm³/mol. The van der Waals surface area contributed by atoms with Crippen LogP contribution in [0.1, 0.15) is 29.8 Å². The number of hydrogen-bond donors (Lipinski definition) is 0. The van der Waals surface area contributed by atoms with Crippen molar-refractivity contribution in [2.24, 2.45) is 0 Å². The smallest absolute Gasteiger partial charge is 0.261 e. The maximum absolute atomic E-state index is 12.6. The van der Waals surface area contributed by atoms with Gasteiger partial charge >= 0.3 is 0 Å². The Bertz CT molecular complexity index is 615. The van der Waals surface area contributed by atoms with Crippen molar-refractivity contribution >= 4 is 25.6 Å². The molecule has 0 fully saturated rings. The molecule has 21 heavy (non-hydrogen) atoms. The first-order valence-corrected chi connectivity index (χ1v) is 8.88. The number of aryl methyl sites for hydroxylation is 1. The highest BCUT2D eigenvalue weighted by Gasteiger charge is 2.22. The maximum atomic E-state index is 12.6. The summed E-state index contributed by atoms with van der Waals surface area (Å²) in [6, 6.07) is 4.18. The van der Waals surface area contributed by atoms with E-state index in [-0.39, 0.29) is 16.8 Å². The van der Waals surface area contributed by atoms with E-state index in [2.05, 4.69) is 0 Å². The Morgan fingerprint density at radius 2 is 2.05 bits per heavy atom. The molecule has 0 bridgehead atoms. The van der Waals surface area contributed by atoms with E-state index in [0.29, 0.717) is 24.3 Å². The molecule has 1 aromatic rings. The Balaban J connectivity index is 3.12. The molecule has 0 saturated carbocycles. The SMILES string of the molecule is CCN(C(=O)c1ccc(S(=O)(=O)Cl)cc1C)C(C)COC. The first kappa shape index (κ1) is 17.9. The summed E-state index contributed by atoms with van der Waals surface area (Å²) < 4.78 is 27.7. The lowest BCUT2D eigenvalue weighted by atomic mass is 10.1. The number of nitrogens with zero attached hydrogens (tertiary/aromatic N) is 1. The van der Waals surface area contributed by atoms with Crippen LogP contribution in [0.4, 0.5) is 0 Å². The van der Waals surface area contributed by atoms with E-state index in [1.54, 1.807) is 18.9 Å². The van der Waals surface area contributed by atoms with Gasteiger partial charge in [-0.1, -0.05) is 0 Å². The second-order valence-corrected chi connectivity index (χ2v) is 7.38. The molecular formula is C14H20ClNO4S.